The molecule has 0 amide bonds. The maximum Gasteiger partial charge on any atom is 0.573 e. The highest BCUT2D eigenvalue weighted by molar-refractivity contribution is 5.91. The van der Waals surface area contributed by atoms with Gasteiger partial charge in [0.15, 0.2) is 5.82 Å². The van der Waals surface area contributed by atoms with Crippen LogP contribution in [0, 0.1) is 11.3 Å². The highest BCUT2D eigenvalue weighted by Gasteiger charge is 2.43. The Bertz CT molecular complexity index is 1350. The van der Waals surface area contributed by atoms with Crippen molar-refractivity contribution in [2.75, 3.05) is 25.5 Å². The maximum absolute atomic E-state index is 12.8. The lowest BCUT2D eigenvalue weighted by Gasteiger charge is -2.48. The summed E-state index contributed by atoms with van der Waals surface area (Å²) in [7, 11) is 1.72. The fourth-order valence-corrected chi connectivity index (χ4v) is 5.44. The molecule has 9 nitrogen and oxygen atoms in total. The molecule has 3 heterocycles. The molecule has 2 N–H and O–H groups in total. The van der Waals surface area contributed by atoms with Gasteiger partial charge >= 0.3 is 6.36 Å². The second-order valence-electron chi connectivity index (χ2n) is 9.63. The molecule has 12 heteroatoms. The first-order chi connectivity index (χ1) is 17.7. The molecule has 0 unspecified atom stereocenters. The number of rotatable bonds is 7. The van der Waals surface area contributed by atoms with Crippen molar-refractivity contribution in [2.24, 2.45) is 0 Å². The number of halogens is 3. The van der Waals surface area contributed by atoms with E-state index in [-0.39, 0.29) is 29.7 Å². The molecule has 0 radical (unpaired) electrons. The van der Waals surface area contributed by atoms with E-state index in [0.717, 1.165) is 38.8 Å². The first kappa shape index (κ1) is 25.1. The predicted molar refractivity (Wildman–Crippen MR) is 130 cm³/mol. The number of hydrogen-bond acceptors (Lipinski definition) is 7. The predicted octanol–water partition coefficient (Wildman–Crippen LogP) is 4.25. The van der Waals surface area contributed by atoms with Crippen LogP contribution in [0.3, 0.4) is 0 Å². The SMILES string of the molecule is COC1CN(C2CCC(CC#N)(n3nc(Nc4ccc(OC(F)(F)F)cc4)c4c(=O)[nH]ccc43)CC2)C1. The molecule has 196 valence electrons. The molecular weight excluding hydrogens is 489 g/mol. The van der Waals surface area contributed by atoms with E-state index < -0.39 is 11.9 Å². The number of hydrogen-bond donors (Lipinski definition) is 2. The van der Waals surface area contributed by atoms with Gasteiger partial charge in [0, 0.05) is 38.1 Å². The number of fused-ring (bicyclic) bond motifs is 1. The topological polar surface area (TPSA) is 108 Å². The molecule has 1 aliphatic carbocycles. The number of alkyl halides is 3. The Kier molecular flexibility index (Phi) is 6.59. The zero-order valence-corrected chi connectivity index (χ0v) is 20.2. The van der Waals surface area contributed by atoms with Crippen molar-refractivity contribution < 1.29 is 22.6 Å². The lowest BCUT2D eigenvalue weighted by atomic mass is 9.76. The highest BCUT2D eigenvalue weighted by Crippen LogP contribution is 2.42. The number of aromatic amines is 1. The average Bonchev–Trinajstić information content (AvgIpc) is 3.20. The molecule has 1 aromatic carbocycles. The fraction of sp³-hybridized carbons (Fsp3) is 0.480. The molecule has 37 heavy (non-hydrogen) atoms. The van der Waals surface area contributed by atoms with E-state index in [4.69, 9.17) is 9.84 Å². The third-order valence-electron chi connectivity index (χ3n) is 7.42. The third kappa shape index (κ3) is 5.01. The Balaban J connectivity index is 1.43. The molecule has 1 saturated carbocycles. The summed E-state index contributed by atoms with van der Waals surface area (Å²) in [5.74, 6) is -0.0819. The summed E-state index contributed by atoms with van der Waals surface area (Å²) in [4.78, 5) is 17.9. The van der Waals surface area contributed by atoms with Crippen molar-refractivity contribution in [3.05, 3.63) is 46.9 Å². The average molecular weight is 517 g/mol. The summed E-state index contributed by atoms with van der Waals surface area (Å²) in [6, 6.07) is 9.70. The number of likely N-dealkylation sites (tertiary alicyclic amines) is 1. The van der Waals surface area contributed by atoms with Crippen LogP contribution in [0.2, 0.25) is 0 Å². The van der Waals surface area contributed by atoms with Crippen molar-refractivity contribution >= 4 is 22.4 Å². The van der Waals surface area contributed by atoms with Gasteiger partial charge in [-0.15, -0.1) is 13.2 Å². The van der Waals surface area contributed by atoms with Gasteiger partial charge in [-0.1, -0.05) is 0 Å². The molecule has 0 bridgehead atoms. The van der Waals surface area contributed by atoms with Gasteiger partial charge in [0.05, 0.1) is 29.6 Å². The normalized spacial score (nSPS) is 22.9. The van der Waals surface area contributed by atoms with Gasteiger partial charge < -0.3 is 19.8 Å². The minimum absolute atomic E-state index is 0.243. The summed E-state index contributed by atoms with van der Waals surface area (Å²) in [6.45, 7) is 1.82. The molecule has 5 rings (SSSR count). The number of anilines is 2. The fourth-order valence-electron chi connectivity index (χ4n) is 5.44. The maximum atomic E-state index is 12.8. The number of nitrogens with zero attached hydrogens (tertiary/aromatic N) is 4. The Morgan fingerprint density at radius 2 is 1.92 bits per heavy atom. The van der Waals surface area contributed by atoms with Crippen LogP contribution in [-0.4, -0.2) is 58.4 Å². The number of nitrogens with one attached hydrogen (secondary N) is 2. The van der Waals surface area contributed by atoms with Crippen LogP contribution >= 0.6 is 0 Å². The number of ether oxygens (including phenoxy) is 2. The monoisotopic (exact) mass is 516 g/mol. The van der Waals surface area contributed by atoms with Crippen LogP contribution in [0.15, 0.2) is 41.3 Å². The molecule has 0 atom stereocenters. The number of methoxy groups -OCH3 is 1. The first-order valence-electron chi connectivity index (χ1n) is 12.1. The van der Waals surface area contributed by atoms with Crippen molar-refractivity contribution in [2.45, 2.75) is 56.2 Å². The molecule has 2 aliphatic rings. The molecular formula is C25H27F3N6O3. The van der Waals surface area contributed by atoms with E-state index in [9.17, 15) is 23.2 Å². The van der Waals surface area contributed by atoms with Gasteiger partial charge in [-0.3, -0.25) is 14.4 Å². The highest BCUT2D eigenvalue weighted by atomic mass is 19.4. The smallest absolute Gasteiger partial charge is 0.406 e. The summed E-state index contributed by atoms with van der Waals surface area (Å²) < 4.78 is 48.6. The van der Waals surface area contributed by atoms with Gasteiger partial charge in [-0.05, 0) is 56.0 Å². The molecule has 3 aromatic rings. The number of pyridine rings is 1. The number of benzene rings is 1. The zero-order valence-electron chi connectivity index (χ0n) is 20.2. The lowest BCUT2D eigenvalue weighted by Crippen LogP contribution is -2.57. The van der Waals surface area contributed by atoms with Crippen LogP contribution in [0.4, 0.5) is 24.7 Å². The third-order valence-corrected chi connectivity index (χ3v) is 7.42. The van der Waals surface area contributed by atoms with Crippen molar-refractivity contribution in [3.8, 4) is 11.8 Å². The molecule has 1 aliphatic heterocycles. The Morgan fingerprint density at radius 1 is 1.22 bits per heavy atom. The van der Waals surface area contributed by atoms with Crippen LogP contribution in [0.1, 0.15) is 32.1 Å². The summed E-state index contributed by atoms with van der Waals surface area (Å²) in [5.41, 5.74) is 0.108. The minimum Gasteiger partial charge on any atom is -0.406 e. The van der Waals surface area contributed by atoms with E-state index in [0.29, 0.717) is 22.6 Å². The quantitative estimate of drug-likeness (QED) is 0.483. The van der Waals surface area contributed by atoms with E-state index in [2.05, 4.69) is 26.0 Å². The van der Waals surface area contributed by atoms with Crippen LogP contribution < -0.4 is 15.6 Å². The summed E-state index contributed by atoms with van der Waals surface area (Å²) >= 11 is 0. The van der Waals surface area contributed by atoms with E-state index in [1.54, 1.807) is 24.1 Å². The largest absolute Gasteiger partial charge is 0.573 e. The van der Waals surface area contributed by atoms with Crippen LogP contribution in [0.25, 0.3) is 10.9 Å². The van der Waals surface area contributed by atoms with Gasteiger partial charge in [0.25, 0.3) is 5.56 Å². The molecule has 0 spiro atoms. The van der Waals surface area contributed by atoms with E-state index >= 15 is 0 Å². The zero-order chi connectivity index (χ0) is 26.2. The molecule has 1 saturated heterocycles. The first-order valence-corrected chi connectivity index (χ1v) is 12.1. The van der Waals surface area contributed by atoms with Crippen molar-refractivity contribution in [3.63, 3.8) is 0 Å². The number of H-pyrrole nitrogens is 1. The van der Waals surface area contributed by atoms with Crippen molar-refractivity contribution in [1.29, 1.82) is 5.26 Å². The van der Waals surface area contributed by atoms with Crippen LogP contribution in [0.5, 0.6) is 5.75 Å². The summed E-state index contributed by atoms with van der Waals surface area (Å²) in [5, 5.41) is 17.9. The van der Waals surface area contributed by atoms with Gasteiger partial charge in [-0.2, -0.15) is 10.4 Å². The van der Waals surface area contributed by atoms with E-state index in [1.807, 2.05) is 0 Å². The number of aromatic nitrogens is 3. The van der Waals surface area contributed by atoms with Gasteiger partial charge in [0.1, 0.15) is 11.1 Å². The second kappa shape index (κ2) is 9.72. The molecule has 2 fully saturated rings. The van der Waals surface area contributed by atoms with E-state index in [1.165, 1.54) is 24.3 Å². The number of nitriles is 1. The van der Waals surface area contributed by atoms with Crippen molar-refractivity contribution in [1.82, 2.24) is 19.7 Å². The van der Waals surface area contributed by atoms with Gasteiger partial charge in [-0.25, -0.2) is 0 Å². The summed E-state index contributed by atoms with van der Waals surface area (Å²) in [6.07, 6.45) is 0.525. The standard InChI is InChI=1S/C25H27F3N6O3/c1-36-19-14-33(15-19)17-6-9-24(10-7-17,11-12-29)34-20-8-13-30-23(35)21(20)22(32-34)31-16-2-4-18(5-3-16)37-25(26,27)28/h2-5,8,13,17,19H,6-7,9-11,14-15H2,1H3,(H,30,35)(H,31,32). The van der Waals surface area contributed by atoms with Crippen LogP contribution in [-0.2, 0) is 10.3 Å². The minimum atomic E-state index is -4.79. The Morgan fingerprint density at radius 3 is 2.54 bits per heavy atom. The second-order valence-corrected chi connectivity index (χ2v) is 9.63. The Hall–Kier alpha value is -3.56. The lowest BCUT2D eigenvalue weighted by molar-refractivity contribution is -0.274. The van der Waals surface area contributed by atoms with Gasteiger partial charge in [0.2, 0.25) is 0 Å². The molecule has 2 aromatic heterocycles. The Labute approximate surface area is 210 Å².